The molecule has 1 atom stereocenters. The topological polar surface area (TPSA) is 41.6 Å². The lowest BCUT2D eigenvalue weighted by molar-refractivity contribution is -0.191. The second kappa shape index (κ2) is 9.08. The molecule has 1 N–H and O–H groups in total. The van der Waals surface area contributed by atoms with E-state index in [1.807, 2.05) is 0 Å². The van der Waals surface area contributed by atoms with Gasteiger partial charge in [0.2, 0.25) is 5.91 Å². The maximum Gasteiger partial charge on any atom is 0.409 e. The van der Waals surface area contributed by atoms with Gasteiger partial charge in [0.05, 0.1) is 6.61 Å². The van der Waals surface area contributed by atoms with E-state index >= 15 is 0 Å². The number of alkyl halides is 3. The molecule has 1 saturated heterocycles. The molecule has 0 aliphatic carbocycles. The standard InChI is InChI=1S/C18H25F3N2O2/c1-2-3-4-5-6-13-25-15-9-7-14(8-10-15)17(18(19,20)21)23-12-11-16(24)22-23/h7-10,17H,2-6,11-13H2,1H3,(H,22,24). The Bertz CT molecular complexity index is 546. The molecule has 7 heteroatoms. The molecule has 1 aliphatic heterocycles. The number of ether oxygens (including phenoxy) is 1. The number of amides is 1. The van der Waals surface area contributed by atoms with Crippen molar-refractivity contribution in [2.75, 3.05) is 13.2 Å². The number of rotatable bonds is 9. The minimum atomic E-state index is -4.47. The molecule has 140 valence electrons. The molecule has 1 amide bonds. The van der Waals surface area contributed by atoms with E-state index in [1.54, 1.807) is 12.1 Å². The first-order valence-corrected chi connectivity index (χ1v) is 8.77. The Labute approximate surface area is 146 Å². The number of nitrogens with zero attached hydrogens (tertiary/aromatic N) is 1. The molecule has 4 nitrogen and oxygen atoms in total. The first kappa shape index (κ1) is 19.6. The summed E-state index contributed by atoms with van der Waals surface area (Å²) in [5.74, 6) is 0.169. The van der Waals surface area contributed by atoms with Crippen molar-refractivity contribution in [3.8, 4) is 5.75 Å². The van der Waals surface area contributed by atoms with Crippen LogP contribution in [0.4, 0.5) is 13.2 Å². The molecule has 1 unspecified atom stereocenters. The average Bonchev–Trinajstić information content (AvgIpc) is 2.97. The van der Waals surface area contributed by atoms with Crippen molar-refractivity contribution >= 4 is 5.91 Å². The molecule has 25 heavy (non-hydrogen) atoms. The fourth-order valence-corrected chi connectivity index (χ4v) is 2.88. The van der Waals surface area contributed by atoms with Gasteiger partial charge in [-0.1, -0.05) is 44.7 Å². The van der Waals surface area contributed by atoms with Crippen LogP contribution in [0.15, 0.2) is 24.3 Å². The average molecular weight is 358 g/mol. The third-order valence-electron chi connectivity index (χ3n) is 4.18. The van der Waals surface area contributed by atoms with Crippen molar-refractivity contribution in [2.24, 2.45) is 0 Å². The van der Waals surface area contributed by atoms with Crippen molar-refractivity contribution < 1.29 is 22.7 Å². The monoisotopic (exact) mass is 358 g/mol. The Morgan fingerprint density at radius 1 is 1.16 bits per heavy atom. The van der Waals surface area contributed by atoms with E-state index in [0.717, 1.165) is 17.9 Å². The fraction of sp³-hybridized carbons (Fsp3) is 0.611. The highest BCUT2D eigenvalue weighted by Gasteiger charge is 2.46. The van der Waals surface area contributed by atoms with Crippen LogP contribution in [0.2, 0.25) is 0 Å². The van der Waals surface area contributed by atoms with E-state index in [4.69, 9.17) is 4.74 Å². The molecular weight excluding hydrogens is 333 g/mol. The summed E-state index contributed by atoms with van der Waals surface area (Å²) in [5.41, 5.74) is 2.36. The predicted molar refractivity (Wildman–Crippen MR) is 89.0 cm³/mol. The SMILES string of the molecule is CCCCCCCOc1ccc(C(N2CCC(=O)N2)C(F)(F)F)cc1. The highest BCUT2D eigenvalue weighted by molar-refractivity contribution is 5.77. The van der Waals surface area contributed by atoms with Crippen LogP contribution in [0, 0.1) is 0 Å². The number of halogens is 3. The maximum atomic E-state index is 13.4. The molecule has 1 fully saturated rings. The number of carbonyl (C=O) groups is 1. The van der Waals surface area contributed by atoms with E-state index in [-0.39, 0.29) is 18.5 Å². The van der Waals surface area contributed by atoms with Gasteiger partial charge < -0.3 is 4.74 Å². The summed E-state index contributed by atoms with van der Waals surface area (Å²) in [7, 11) is 0. The fourth-order valence-electron chi connectivity index (χ4n) is 2.88. The van der Waals surface area contributed by atoms with Crippen molar-refractivity contribution in [3.63, 3.8) is 0 Å². The maximum absolute atomic E-state index is 13.4. The number of unbranched alkanes of at least 4 members (excludes halogenated alkanes) is 4. The van der Waals surface area contributed by atoms with Crippen LogP contribution in [0.1, 0.15) is 57.1 Å². The molecule has 2 rings (SSSR count). The van der Waals surface area contributed by atoms with Crippen molar-refractivity contribution in [1.29, 1.82) is 0 Å². The predicted octanol–water partition coefficient (Wildman–Crippen LogP) is 4.38. The smallest absolute Gasteiger partial charge is 0.409 e. The van der Waals surface area contributed by atoms with E-state index in [9.17, 15) is 18.0 Å². The molecule has 1 aromatic carbocycles. The van der Waals surface area contributed by atoms with Crippen molar-refractivity contribution in [1.82, 2.24) is 10.4 Å². The first-order valence-electron chi connectivity index (χ1n) is 8.77. The molecule has 1 aliphatic rings. The summed E-state index contributed by atoms with van der Waals surface area (Å²) in [6, 6.07) is 4.09. The number of hydrogen-bond acceptors (Lipinski definition) is 3. The lowest BCUT2D eigenvalue weighted by Gasteiger charge is -2.29. The largest absolute Gasteiger partial charge is 0.494 e. The van der Waals surface area contributed by atoms with Gasteiger partial charge in [-0.15, -0.1) is 0 Å². The van der Waals surface area contributed by atoms with Crippen LogP contribution < -0.4 is 10.2 Å². The van der Waals surface area contributed by atoms with Crippen molar-refractivity contribution in [3.05, 3.63) is 29.8 Å². The lowest BCUT2D eigenvalue weighted by atomic mass is 10.1. The minimum Gasteiger partial charge on any atom is -0.494 e. The molecule has 0 radical (unpaired) electrons. The zero-order valence-corrected chi connectivity index (χ0v) is 14.4. The van der Waals surface area contributed by atoms with E-state index < -0.39 is 18.1 Å². The third-order valence-corrected chi connectivity index (χ3v) is 4.18. The highest BCUT2D eigenvalue weighted by atomic mass is 19.4. The Hall–Kier alpha value is -1.76. The molecule has 0 spiro atoms. The Morgan fingerprint density at radius 2 is 1.84 bits per heavy atom. The van der Waals surface area contributed by atoms with Gasteiger partial charge in [-0.2, -0.15) is 13.2 Å². The van der Waals surface area contributed by atoms with Crippen LogP contribution in [0.25, 0.3) is 0 Å². The van der Waals surface area contributed by atoms with Crippen LogP contribution in [0.3, 0.4) is 0 Å². The molecular formula is C18H25F3N2O2. The summed E-state index contributed by atoms with van der Waals surface area (Å²) in [5, 5.41) is 0.950. The number of hydrazine groups is 1. The summed E-state index contributed by atoms with van der Waals surface area (Å²) in [4.78, 5) is 11.2. The molecule has 0 bridgehead atoms. The number of nitrogens with one attached hydrogen (secondary N) is 1. The number of hydrogen-bond donors (Lipinski definition) is 1. The van der Waals surface area contributed by atoms with Gasteiger partial charge in [0.1, 0.15) is 11.8 Å². The van der Waals surface area contributed by atoms with Crippen LogP contribution in [0.5, 0.6) is 5.75 Å². The van der Waals surface area contributed by atoms with Gasteiger partial charge in [-0.25, -0.2) is 5.01 Å². The quantitative estimate of drug-likeness (QED) is 0.666. The second-order valence-corrected chi connectivity index (χ2v) is 6.25. The van der Waals surface area contributed by atoms with Gasteiger partial charge in [0.15, 0.2) is 0 Å². The zero-order valence-electron chi connectivity index (χ0n) is 14.4. The molecule has 0 aromatic heterocycles. The minimum absolute atomic E-state index is 0.0407. The Morgan fingerprint density at radius 3 is 2.40 bits per heavy atom. The second-order valence-electron chi connectivity index (χ2n) is 6.25. The van der Waals surface area contributed by atoms with Crippen LogP contribution >= 0.6 is 0 Å². The van der Waals surface area contributed by atoms with Gasteiger partial charge in [0.25, 0.3) is 0 Å². The van der Waals surface area contributed by atoms with Gasteiger partial charge in [-0.05, 0) is 24.1 Å². The normalized spacial score (nSPS) is 16.7. The first-order chi connectivity index (χ1) is 11.9. The van der Waals surface area contributed by atoms with E-state index in [0.29, 0.717) is 12.4 Å². The van der Waals surface area contributed by atoms with E-state index in [2.05, 4.69) is 12.3 Å². The van der Waals surface area contributed by atoms with Gasteiger partial charge >= 0.3 is 6.18 Å². The molecule has 1 aromatic rings. The lowest BCUT2D eigenvalue weighted by Crippen LogP contribution is -2.43. The Kier molecular flexibility index (Phi) is 7.11. The van der Waals surface area contributed by atoms with Crippen molar-refractivity contribution in [2.45, 2.75) is 57.7 Å². The summed E-state index contributed by atoms with van der Waals surface area (Å²) < 4.78 is 45.8. The number of benzene rings is 1. The molecule has 0 saturated carbocycles. The zero-order chi connectivity index (χ0) is 18.3. The highest BCUT2D eigenvalue weighted by Crippen LogP contribution is 2.38. The third kappa shape index (κ3) is 5.92. The number of carbonyl (C=O) groups excluding carboxylic acids is 1. The summed E-state index contributed by atoms with van der Waals surface area (Å²) in [6.45, 7) is 2.76. The summed E-state index contributed by atoms with van der Waals surface area (Å²) in [6.07, 6.45) is 1.20. The van der Waals surface area contributed by atoms with Crippen LogP contribution in [-0.2, 0) is 4.79 Å². The Balaban J connectivity index is 1.93. The van der Waals surface area contributed by atoms with Gasteiger partial charge in [-0.3, -0.25) is 10.2 Å². The summed E-state index contributed by atoms with van der Waals surface area (Å²) >= 11 is 0. The molecule has 1 heterocycles. The van der Waals surface area contributed by atoms with Crippen LogP contribution in [-0.4, -0.2) is 30.2 Å². The van der Waals surface area contributed by atoms with Gasteiger partial charge in [0, 0.05) is 13.0 Å². The van der Waals surface area contributed by atoms with E-state index in [1.165, 1.54) is 31.4 Å².